The predicted molar refractivity (Wildman–Crippen MR) is 70.5 cm³/mol. The first kappa shape index (κ1) is 16.1. The highest BCUT2D eigenvalue weighted by Gasteiger charge is 2.02. The molecule has 0 aliphatic carbocycles. The number of rotatable bonds is 4. The molecule has 1 aromatic carbocycles. The second-order valence-electron chi connectivity index (χ2n) is 3.76. The molecule has 0 aromatic heterocycles. The SMILES string of the molecule is CCCC(N)N.NC(=O)c1ccc(C(N)=O)cc1. The maximum atomic E-state index is 10.6. The van der Waals surface area contributed by atoms with E-state index < -0.39 is 11.8 Å². The number of hydrogen-bond acceptors (Lipinski definition) is 4. The number of primary amides is 2. The van der Waals surface area contributed by atoms with Crippen molar-refractivity contribution in [3.8, 4) is 0 Å². The molecule has 8 N–H and O–H groups in total. The first-order valence-electron chi connectivity index (χ1n) is 5.59. The van der Waals surface area contributed by atoms with Crippen LogP contribution in [0.25, 0.3) is 0 Å². The van der Waals surface area contributed by atoms with Gasteiger partial charge in [0.2, 0.25) is 11.8 Å². The maximum Gasteiger partial charge on any atom is 0.248 e. The molecule has 0 saturated carbocycles. The van der Waals surface area contributed by atoms with E-state index in [0.717, 1.165) is 12.8 Å². The first-order valence-corrected chi connectivity index (χ1v) is 5.59. The predicted octanol–water partition coefficient (Wildman–Crippen LogP) is -0.0856. The zero-order chi connectivity index (χ0) is 14.1. The van der Waals surface area contributed by atoms with Gasteiger partial charge in [-0.25, -0.2) is 0 Å². The molecule has 6 heteroatoms. The molecule has 0 bridgehead atoms. The molecule has 0 heterocycles. The molecule has 0 fully saturated rings. The van der Waals surface area contributed by atoms with Crippen LogP contribution in [0, 0.1) is 0 Å². The molecule has 0 radical (unpaired) electrons. The van der Waals surface area contributed by atoms with E-state index in [-0.39, 0.29) is 6.17 Å². The summed E-state index contributed by atoms with van der Waals surface area (Å²) in [5.74, 6) is -1.04. The number of carbonyl (C=O) groups excluding carboxylic acids is 2. The molecule has 0 atom stereocenters. The van der Waals surface area contributed by atoms with E-state index >= 15 is 0 Å². The van der Waals surface area contributed by atoms with Gasteiger partial charge in [-0.05, 0) is 30.7 Å². The Morgan fingerprint density at radius 1 is 1.00 bits per heavy atom. The fourth-order valence-electron chi connectivity index (χ4n) is 1.13. The maximum absolute atomic E-state index is 10.6. The monoisotopic (exact) mass is 252 g/mol. The number of carbonyl (C=O) groups is 2. The lowest BCUT2D eigenvalue weighted by Crippen LogP contribution is -2.29. The molecule has 18 heavy (non-hydrogen) atoms. The van der Waals surface area contributed by atoms with Crippen LogP contribution in [0.1, 0.15) is 40.5 Å². The minimum Gasteiger partial charge on any atom is -0.366 e. The second-order valence-corrected chi connectivity index (χ2v) is 3.76. The Bertz CT molecular complexity index is 355. The van der Waals surface area contributed by atoms with Gasteiger partial charge in [0, 0.05) is 11.1 Å². The van der Waals surface area contributed by atoms with Crippen molar-refractivity contribution in [2.75, 3.05) is 0 Å². The molecule has 0 unspecified atom stereocenters. The van der Waals surface area contributed by atoms with Crippen molar-refractivity contribution in [1.82, 2.24) is 0 Å². The summed E-state index contributed by atoms with van der Waals surface area (Å²) in [6.45, 7) is 2.06. The Balaban J connectivity index is 0.000000411. The van der Waals surface area contributed by atoms with Crippen molar-refractivity contribution in [3.05, 3.63) is 35.4 Å². The van der Waals surface area contributed by atoms with Gasteiger partial charge in [0.1, 0.15) is 0 Å². The Hall–Kier alpha value is -1.92. The largest absolute Gasteiger partial charge is 0.366 e. The number of nitrogens with two attached hydrogens (primary N) is 4. The number of amides is 2. The highest BCUT2D eigenvalue weighted by molar-refractivity contribution is 5.96. The van der Waals surface area contributed by atoms with Crippen molar-refractivity contribution in [1.29, 1.82) is 0 Å². The minimum absolute atomic E-state index is 0.102. The average molecular weight is 252 g/mol. The van der Waals surface area contributed by atoms with Gasteiger partial charge in [-0.15, -0.1) is 0 Å². The van der Waals surface area contributed by atoms with Crippen LogP contribution < -0.4 is 22.9 Å². The molecule has 0 spiro atoms. The summed E-state index contributed by atoms with van der Waals surface area (Å²) in [5.41, 5.74) is 21.1. The fourth-order valence-corrected chi connectivity index (χ4v) is 1.13. The van der Waals surface area contributed by atoms with E-state index in [0.29, 0.717) is 11.1 Å². The summed E-state index contributed by atoms with van der Waals surface area (Å²) < 4.78 is 0. The van der Waals surface area contributed by atoms with Crippen molar-refractivity contribution in [2.45, 2.75) is 25.9 Å². The summed E-state index contributed by atoms with van der Waals surface area (Å²) in [6.07, 6.45) is 1.91. The van der Waals surface area contributed by atoms with E-state index in [9.17, 15) is 9.59 Å². The lowest BCUT2D eigenvalue weighted by molar-refractivity contribution is 0.0988. The molecule has 0 saturated heterocycles. The zero-order valence-corrected chi connectivity index (χ0v) is 10.4. The van der Waals surface area contributed by atoms with Gasteiger partial charge >= 0.3 is 0 Å². The lowest BCUT2D eigenvalue weighted by Gasteiger charge is -1.97. The van der Waals surface area contributed by atoms with Crippen LogP contribution in [0.2, 0.25) is 0 Å². The van der Waals surface area contributed by atoms with Gasteiger partial charge in [0.25, 0.3) is 0 Å². The minimum atomic E-state index is -0.522. The van der Waals surface area contributed by atoms with Crippen molar-refractivity contribution >= 4 is 11.8 Å². The van der Waals surface area contributed by atoms with Gasteiger partial charge in [0.15, 0.2) is 0 Å². The molecule has 0 aliphatic rings. The van der Waals surface area contributed by atoms with Crippen molar-refractivity contribution < 1.29 is 9.59 Å². The Morgan fingerprint density at radius 2 is 1.33 bits per heavy atom. The topological polar surface area (TPSA) is 138 Å². The summed E-state index contributed by atoms with van der Waals surface area (Å²) >= 11 is 0. The third-order valence-electron chi connectivity index (χ3n) is 2.08. The van der Waals surface area contributed by atoms with Gasteiger partial charge < -0.3 is 22.9 Å². The van der Waals surface area contributed by atoms with Gasteiger partial charge in [0.05, 0.1) is 6.17 Å². The molecular weight excluding hydrogens is 232 g/mol. The van der Waals surface area contributed by atoms with E-state index in [2.05, 4.69) is 6.92 Å². The smallest absolute Gasteiger partial charge is 0.248 e. The summed E-state index contributed by atoms with van der Waals surface area (Å²) in [7, 11) is 0. The molecule has 100 valence electrons. The van der Waals surface area contributed by atoms with Gasteiger partial charge in [-0.3, -0.25) is 9.59 Å². The fraction of sp³-hybridized carbons (Fsp3) is 0.333. The molecular formula is C12H20N4O2. The average Bonchev–Trinajstić information content (AvgIpc) is 2.29. The third kappa shape index (κ3) is 6.62. The van der Waals surface area contributed by atoms with Crippen LogP contribution in [0.3, 0.4) is 0 Å². The van der Waals surface area contributed by atoms with E-state index in [1.54, 1.807) is 0 Å². The highest BCUT2D eigenvalue weighted by atomic mass is 16.1. The third-order valence-corrected chi connectivity index (χ3v) is 2.08. The van der Waals surface area contributed by atoms with Gasteiger partial charge in [-0.1, -0.05) is 13.3 Å². The normalized spacial score (nSPS) is 9.56. The number of benzene rings is 1. The Morgan fingerprint density at radius 3 is 1.44 bits per heavy atom. The zero-order valence-electron chi connectivity index (χ0n) is 10.4. The summed E-state index contributed by atoms with van der Waals surface area (Å²) in [6, 6.07) is 5.84. The quantitative estimate of drug-likeness (QED) is 0.556. The molecule has 1 aromatic rings. The van der Waals surface area contributed by atoms with Crippen LogP contribution in [0.4, 0.5) is 0 Å². The Labute approximate surface area is 106 Å². The van der Waals surface area contributed by atoms with E-state index in [1.165, 1.54) is 24.3 Å². The first-order chi connectivity index (χ1) is 8.38. The summed E-state index contributed by atoms with van der Waals surface area (Å²) in [4.78, 5) is 21.2. The second kappa shape index (κ2) is 8.21. The van der Waals surface area contributed by atoms with Crippen LogP contribution in [0.15, 0.2) is 24.3 Å². The standard InChI is InChI=1S/C8H8N2O2.C4H12N2/c9-7(11)5-1-2-6(4-3-5)8(10)12;1-2-3-4(5)6/h1-4H,(H2,9,11)(H2,10,12);4H,2-3,5-6H2,1H3. The molecule has 6 nitrogen and oxygen atoms in total. The highest BCUT2D eigenvalue weighted by Crippen LogP contribution is 2.02. The van der Waals surface area contributed by atoms with Crippen LogP contribution >= 0.6 is 0 Å². The number of hydrogen-bond donors (Lipinski definition) is 4. The summed E-state index contributed by atoms with van der Waals surface area (Å²) in [5, 5.41) is 0. The van der Waals surface area contributed by atoms with E-state index in [1.807, 2.05) is 0 Å². The lowest BCUT2D eigenvalue weighted by atomic mass is 10.1. The Kier molecular flexibility index (Phi) is 7.34. The van der Waals surface area contributed by atoms with E-state index in [4.69, 9.17) is 22.9 Å². The molecule has 1 rings (SSSR count). The van der Waals surface area contributed by atoms with Crippen LogP contribution in [0.5, 0.6) is 0 Å². The van der Waals surface area contributed by atoms with Crippen LogP contribution in [-0.2, 0) is 0 Å². The van der Waals surface area contributed by atoms with Gasteiger partial charge in [-0.2, -0.15) is 0 Å². The van der Waals surface area contributed by atoms with Crippen LogP contribution in [-0.4, -0.2) is 18.0 Å². The van der Waals surface area contributed by atoms with Crippen molar-refractivity contribution in [3.63, 3.8) is 0 Å². The molecule has 2 amide bonds. The molecule has 0 aliphatic heterocycles. The van der Waals surface area contributed by atoms with Crippen molar-refractivity contribution in [2.24, 2.45) is 22.9 Å².